The lowest BCUT2D eigenvalue weighted by molar-refractivity contribution is -0.881. The maximum atomic E-state index is 11.9. The van der Waals surface area contributed by atoms with E-state index in [1.807, 2.05) is 0 Å². The number of hydrogen-bond acceptors (Lipinski definition) is 1. The van der Waals surface area contributed by atoms with Crippen molar-refractivity contribution in [3.05, 3.63) is 0 Å². The Labute approximate surface area is 814 Å². The van der Waals surface area contributed by atoms with Crippen LogP contribution in [0.2, 0.25) is 0 Å². The minimum Gasteiger partial charge on any atom is -0.328 e. The van der Waals surface area contributed by atoms with E-state index in [1.165, 1.54) is 419 Å². The van der Waals surface area contributed by atoms with Crippen molar-refractivity contribution in [1.29, 1.82) is 0 Å². The molecule has 0 aliphatic carbocycles. The van der Waals surface area contributed by atoms with Crippen LogP contribution in [0.25, 0.3) is 0 Å². The third kappa shape index (κ3) is 29.5. The van der Waals surface area contributed by atoms with Gasteiger partial charge in [-0.3, -0.25) is 0 Å². The Morgan fingerprint density at radius 3 is 0.321 bits per heavy atom. The molecule has 0 aromatic rings. The summed E-state index contributed by atoms with van der Waals surface area (Å²) in [4.78, 5) is 11.9. The van der Waals surface area contributed by atoms with Crippen LogP contribution in [0.3, 0.4) is 0 Å². The summed E-state index contributed by atoms with van der Waals surface area (Å²) in [7, 11) is 72.2. The predicted molar refractivity (Wildman–Crippen MR) is 554 cm³/mol. The summed E-state index contributed by atoms with van der Waals surface area (Å²) < 4.78 is 17.4. The first-order valence-electron chi connectivity index (χ1n) is 57.6. The maximum absolute atomic E-state index is 11.9. The summed E-state index contributed by atoms with van der Waals surface area (Å²) in [5, 5.41) is 0. The number of carbonyl (C=O) groups excluding carboxylic acids is 1. The third-order valence-corrected chi connectivity index (χ3v) is 42.8. The molecule has 28 unspecified atom stereocenters. The fourth-order valence-electron chi connectivity index (χ4n) is 38.2. The minimum atomic E-state index is 0.375. The highest BCUT2D eigenvalue weighted by atomic mass is 16.1. The summed E-state index contributed by atoms with van der Waals surface area (Å²) in [6.07, 6.45) is 41.7. The van der Waals surface area contributed by atoms with Crippen molar-refractivity contribution in [2.45, 2.75) is 200 Å². The summed E-state index contributed by atoms with van der Waals surface area (Å²) >= 11 is 0. The van der Waals surface area contributed by atoms with Gasteiger partial charge in [-0.2, -0.15) is 0 Å². The number of ketones is 1. The molecule has 0 amide bonds. The number of quaternary nitrogens is 14. The molecule has 0 aromatic heterocycles. The van der Waals surface area contributed by atoms with Crippen LogP contribution < -0.4 is 0 Å². The topological polar surface area (TPSA) is 17.1 Å². The number of carbonyl (C=O) groups is 1. The molecule has 28 atom stereocenters. The Balaban J connectivity index is 0.524. The maximum Gasteiger partial charge on any atom is 0.129 e. The Morgan fingerprint density at radius 1 is 0.145 bits per heavy atom. The number of Topliss-reactive ketones (excluding diaryl/α,β-unsaturated/α-hetero) is 1. The molecular formula is C116H232N14O+14. The zero-order valence-corrected chi connectivity index (χ0v) is 93.6. The molecule has 0 saturated carbocycles. The van der Waals surface area contributed by atoms with Crippen molar-refractivity contribution in [3.63, 3.8) is 0 Å². The van der Waals surface area contributed by atoms with E-state index in [-0.39, 0.29) is 0 Å². The lowest BCUT2D eigenvalue weighted by atomic mass is 9.77. The Kier molecular flexibility index (Phi) is 33.2. The molecule has 15 nitrogen and oxygen atoms in total. The van der Waals surface area contributed by atoms with Gasteiger partial charge in [0.15, 0.2) is 0 Å². The highest BCUT2D eigenvalue weighted by Gasteiger charge is 2.55. The predicted octanol–water partition coefficient (Wildman–Crippen LogP) is 16.4. The highest BCUT2D eigenvalue weighted by molar-refractivity contribution is 5.75. The van der Waals surface area contributed by atoms with E-state index < -0.39 is 0 Å². The molecule has 0 spiro atoms. The zero-order valence-electron chi connectivity index (χ0n) is 93.6. The third-order valence-electron chi connectivity index (χ3n) is 42.8. The van der Waals surface area contributed by atoms with Gasteiger partial charge < -0.3 is 67.6 Å². The molecular weight excluding hydrogens is 1610 g/mol. The summed E-state index contributed by atoms with van der Waals surface area (Å²) in [6.45, 7) is 43.7. The lowest BCUT2D eigenvalue weighted by Crippen LogP contribution is -2.37. The average Bonchev–Trinajstić information content (AvgIpc) is 1.63. The molecule has 758 valence electrons. The monoisotopic (exact) mass is 1840 g/mol. The minimum absolute atomic E-state index is 0.375. The number of hydrogen-bond donors (Lipinski definition) is 0. The van der Waals surface area contributed by atoms with E-state index in [4.69, 9.17) is 0 Å². The average molecular weight is 1840 g/mol. The molecule has 14 heterocycles. The van der Waals surface area contributed by atoms with Gasteiger partial charge in [0.1, 0.15) is 5.78 Å². The van der Waals surface area contributed by atoms with E-state index in [2.05, 4.69) is 204 Å². The second kappa shape index (κ2) is 41.1. The van der Waals surface area contributed by atoms with Gasteiger partial charge in [-0.05, 0) is 187 Å². The van der Waals surface area contributed by atoms with Crippen molar-refractivity contribution < 1.29 is 67.6 Å². The summed E-state index contributed by atoms with van der Waals surface area (Å²) in [6, 6.07) is 0. The fourth-order valence-corrected chi connectivity index (χ4v) is 38.2. The Hall–Kier alpha value is -0.890. The van der Waals surface area contributed by atoms with Gasteiger partial charge >= 0.3 is 0 Å². The van der Waals surface area contributed by atoms with E-state index >= 15 is 0 Å². The van der Waals surface area contributed by atoms with Gasteiger partial charge in [0.05, 0.1) is 381 Å². The molecule has 14 saturated heterocycles. The van der Waals surface area contributed by atoms with Crippen molar-refractivity contribution >= 4 is 5.78 Å². The molecule has 15 heteroatoms. The van der Waals surface area contributed by atoms with Crippen molar-refractivity contribution in [1.82, 2.24) is 0 Å². The molecule has 14 aliphatic rings. The van der Waals surface area contributed by atoms with Gasteiger partial charge in [0.25, 0.3) is 0 Å². The van der Waals surface area contributed by atoms with Crippen LogP contribution >= 0.6 is 0 Å². The number of likely N-dealkylation sites (tertiary alicyclic amines) is 14. The van der Waals surface area contributed by atoms with Gasteiger partial charge in [-0.25, -0.2) is 0 Å². The standard InChI is InChI=1S/C116H232N14O/c1-88-60-117(3,4)61-90(88)34-35-93-64-119(7,8)65-94(93)38-39-97-68-121(11,12)69-98(97)42-43-101-72-123(15,16)73-102(101)46-47-105-76-125(19,20)77-106(105)50-51-109-80-127(23,24)81-110(109)54-55-113-84-129(27,28)85-114(113)58-59-116-87-130(29,30)86-115(116)57-56-112-83-128(25,26)82-111(112)53-52-108-79-126(21,22)78-107(108)49-48-104-75-124(17,18)74-103(104)45-44-100-71-122(13,14)70-99(100)41-40-96-67-120(9,10)66-95(96)37-36-92-63-118(5,6)62-91(92)33-31-32-89(2)131/h88,90-116H,31-87H2,1-30H3/q+14. The van der Waals surface area contributed by atoms with Crippen molar-refractivity contribution in [3.8, 4) is 0 Å². The normalized spacial score (nSPS) is 42.0. The Bertz CT molecular complexity index is 3500. The first-order chi connectivity index (χ1) is 60.7. The molecule has 131 heavy (non-hydrogen) atoms. The smallest absolute Gasteiger partial charge is 0.129 e. The molecule has 0 radical (unpaired) electrons. The van der Waals surface area contributed by atoms with Gasteiger partial charge in [-0.1, -0.05) is 6.92 Å². The fraction of sp³-hybridized carbons (Fsp3) is 0.991. The first-order valence-corrected chi connectivity index (χ1v) is 57.6. The van der Waals surface area contributed by atoms with Crippen LogP contribution in [0.4, 0.5) is 0 Å². The molecule has 14 fully saturated rings. The number of nitrogens with zero attached hydrogens (tertiary/aromatic N) is 14. The van der Waals surface area contributed by atoms with E-state index in [1.54, 1.807) is 6.92 Å². The molecule has 14 aliphatic heterocycles. The zero-order chi connectivity index (χ0) is 95.0. The molecule has 0 N–H and O–H groups in total. The van der Waals surface area contributed by atoms with Crippen LogP contribution in [0.15, 0.2) is 0 Å². The van der Waals surface area contributed by atoms with Crippen molar-refractivity contribution in [2.75, 3.05) is 381 Å². The first kappa shape index (κ1) is 106. The van der Waals surface area contributed by atoms with Crippen LogP contribution in [0, 0.1) is 166 Å². The summed E-state index contributed by atoms with van der Waals surface area (Å²) in [5.74, 6) is 25.5. The van der Waals surface area contributed by atoms with E-state index in [0.717, 1.165) is 179 Å². The Morgan fingerprint density at radius 2 is 0.229 bits per heavy atom. The highest BCUT2D eigenvalue weighted by Crippen LogP contribution is 2.51. The molecule has 0 bridgehead atoms. The SMILES string of the molecule is CC(=O)CCCC1C[N+](C)(C)CC1CCC1C[N+](C)(C)CC1CCC1C[N+](C)(C)CC1CCC1C[N+](C)(C)CC1CCC1C[N+](C)(C)CC1CCC1C[N+](C)(C)CC1CCC1C[N+](C)(C)CC1CCC1C[N+](C)(C)CC1CCC1C[N+](C)(C)CC1CCC1C[N+](C)(C)CC1CCC1C[N+](C)(C)CC1CCC1C[N+](C)(C)CC1CCC1C[N+](C)(C)CC1CCC1C[N+](C)(C)CC1C. The molecule has 0 aromatic carbocycles. The lowest BCUT2D eigenvalue weighted by Gasteiger charge is -2.24. The van der Waals surface area contributed by atoms with Gasteiger partial charge in [0, 0.05) is 172 Å². The summed E-state index contributed by atoms with van der Waals surface area (Å²) in [5.41, 5.74) is 0. The van der Waals surface area contributed by atoms with Crippen LogP contribution in [0.1, 0.15) is 200 Å². The quantitative estimate of drug-likeness (QED) is 0.0556. The van der Waals surface area contributed by atoms with E-state index in [0.29, 0.717) is 5.78 Å². The van der Waals surface area contributed by atoms with Crippen LogP contribution in [0.5, 0.6) is 0 Å². The second-order valence-electron chi connectivity index (χ2n) is 62.8. The van der Waals surface area contributed by atoms with Crippen LogP contribution in [-0.4, -0.2) is 449 Å². The largest absolute Gasteiger partial charge is 0.328 e. The molecule has 14 rings (SSSR count). The van der Waals surface area contributed by atoms with Crippen LogP contribution in [-0.2, 0) is 4.79 Å². The second-order valence-corrected chi connectivity index (χ2v) is 62.8. The number of rotatable bonds is 43. The van der Waals surface area contributed by atoms with Crippen molar-refractivity contribution in [2.24, 2.45) is 166 Å². The van der Waals surface area contributed by atoms with E-state index in [9.17, 15) is 4.79 Å². The van der Waals surface area contributed by atoms with Gasteiger partial charge in [0.2, 0.25) is 0 Å². The van der Waals surface area contributed by atoms with Gasteiger partial charge in [-0.15, -0.1) is 0 Å².